The molecule has 1 aromatic rings. The van der Waals surface area contributed by atoms with Crippen molar-refractivity contribution in [1.29, 1.82) is 0 Å². The Hall–Kier alpha value is -1.55. The zero-order chi connectivity index (χ0) is 21.5. The first-order valence-corrected chi connectivity index (χ1v) is 11.0. The Kier molecular flexibility index (Phi) is 8.57. The van der Waals surface area contributed by atoms with Crippen LogP contribution in [0.25, 0.3) is 0 Å². The molecule has 2 aliphatic heterocycles. The molecule has 9 heteroatoms. The van der Waals surface area contributed by atoms with Crippen LogP contribution in [0.2, 0.25) is 0 Å². The van der Waals surface area contributed by atoms with Gasteiger partial charge in [0.05, 0.1) is 34.6 Å². The standard InChI is InChI=1S/C19H31N3O3S.CH2O2/c1-4-22-9-7-19(8-10-22)13-18(3,24)16(11-25-19)21-17(23)6-5-15-12-26-14(2)20-15;2-1-3/h12,16,24H,4-11,13H2,1-3H3,(H,21,23);1H,(H,2,3)/t16-,18-;/m0./s1. The van der Waals surface area contributed by atoms with Crippen molar-refractivity contribution in [1.82, 2.24) is 15.2 Å². The topological polar surface area (TPSA) is 112 Å². The zero-order valence-corrected chi connectivity index (χ0v) is 18.3. The van der Waals surface area contributed by atoms with Gasteiger partial charge < -0.3 is 25.2 Å². The van der Waals surface area contributed by atoms with E-state index in [2.05, 4.69) is 22.1 Å². The number of rotatable bonds is 5. The van der Waals surface area contributed by atoms with Gasteiger partial charge in [-0.25, -0.2) is 4.98 Å². The van der Waals surface area contributed by atoms with Gasteiger partial charge in [-0.2, -0.15) is 0 Å². The summed E-state index contributed by atoms with van der Waals surface area (Å²) < 4.78 is 6.20. The minimum Gasteiger partial charge on any atom is -0.483 e. The molecule has 164 valence electrons. The van der Waals surface area contributed by atoms with E-state index in [4.69, 9.17) is 14.6 Å². The van der Waals surface area contributed by atoms with Crippen molar-refractivity contribution in [3.05, 3.63) is 16.1 Å². The first-order chi connectivity index (χ1) is 13.7. The van der Waals surface area contributed by atoms with Crippen molar-refractivity contribution in [3.63, 3.8) is 0 Å². The van der Waals surface area contributed by atoms with Crippen LogP contribution >= 0.6 is 11.3 Å². The van der Waals surface area contributed by atoms with E-state index in [1.165, 1.54) is 0 Å². The summed E-state index contributed by atoms with van der Waals surface area (Å²) in [5, 5.41) is 23.9. The highest BCUT2D eigenvalue weighted by atomic mass is 32.1. The van der Waals surface area contributed by atoms with E-state index in [0.29, 0.717) is 25.9 Å². The molecule has 1 spiro atoms. The molecule has 1 aromatic heterocycles. The maximum atomic E-state index is 12.3. The Morgan fingerprint density at radius 3 is 2.66 bits per heavy atom. The van der Waals surface area contributed by atoms with Crippen molar-refractivity contribution in [3.8, 4) is 0 Å². The number of ether oxygens (including phenoxy) is 1. The van der Waals surface area contributed by atoms with Crippen molar-refractivity contribution < 1.29 is 24.5 Å². The SMILES string of the molecule is CCN1CCC2(CC1)C[C@](C)(O)[C@@H](NC(=O)CCc1csc(C)n1)CO2.O=CO. The summed E-state index contributed by atoms with van der Waals surface area (Å²) in [6, 6.07) is -0.359. The number of likely N-dealkylation sites (tertiary alicyclic amines) is 1. The van der Waals surface area contributed by atoms with Gasteiger partial charge in [0.25, 0.3) is 6.47 Å². The molecule has 0 saturated carbocycles. The van der Waals surface area contributed by atoms with Gasteiger partial charge >= 0.3 is 0 Å². The van der Waals surface area contributed by atoms with Gasteiger partial charge in [0.15, 0.2) is 0 Å². The Morgan fingerprint density at radius 2 is 2.14 bits per heavy atom. The number of thiazole rings is 1. The molecule has 2 saturated heterocycles. The summed E-state index contributed by atoms with van der Waals surface area (Å²) in [5.41, 5.74) is -0.232. The number of aliphatic hydroxyl groups is 1. The smallest absolute Gasteiger partial charge is 0.290 e. The van der Waals surface area contributed by atoms with Crippen LogP contribution in [-0.2, 0) is 20.7 Å². The van der Waals surface area contributed by atoms with Crippen LogP contribution in [0.5, 0.6) is 0 Å². The first-order valence-electron chi connectivity index (χ1n) is 10.1. The zero-order valence-electron chi connectivity index (χ0n) is 17.5. The largest absolute Gasteiger partial charge is 0.483 e. The maximum Gasteiger partial charge on any atom is 0.290 e. The first kappa shape index (κ1) is 23.7. The highest BCUT2D eigenvalue weighted by molar-refractivity contribution is 7.09. The fourth-order valence-corrected chi connectivity index (χ4v) is 4.74. The minimum absolute atomic E-state index is 0.0544. The van der Waals surface area contributed by atoms with Crippen molar-refractivity contribution in [2.45, 2.75) is 70.1 Å². The van der Waals surface area contributed by atoms with Crippen LogP contribution < -0.4 is 5.32 Å². The third-order valence-corrected chi connectivity index (χ3v) is 6.63. The predicted octanol–water partition coefficient (Wildman–Crippen LogP) is 1.60. The second-order valence-electron chi connectivity index (χ2n) is 8.05. The molecular formula is C20H33N3O5S. The molecule has 0 radical (unpaired) electrons. The minimum atomic E-state index is -0.945. The lowest BCUT2D eigenvalue weighted by Crippen LogP contribution is -2.63. The number of nitrogens with one attached hydrogen (secondary N) is 1. The number of carbonyl (C=O) groups is 2. The molecule has 2 fully saturated rings. The van der Waals surface area contributed by atoms with Crippen LogP contribution in [0, 0.1) is 6.92 Å². The van der Waals surface area contributed by atoms with Crippen LogP contribution in [-0.4, -0.2) is 76.0 Å². The fourth-order valence-electron chi connectivity index (χ4n) is 4.09. The maximum absolute atomic E-state index is 12.3. The van der Waals surface area contributed by atoms with Gasteiger partial charge in [-0.05, 0) is 39.7 Å². The highest BCUT2D eigenvalue weighted by Crippen LogP contribution is 2.39. The van der Waals surface area contributed by atoms with Crippen molar-refractivity contribution >= 4 is 23.7 Å². The highest BCUT2D eigenvalue weighted by Gasteiger charge is 2.49. The molecule has 0 unspecified atom stereocenters. The number of aromatic nitrogens is 1. The van der Waals surface area contributed by atoms with Crippen LogP contribution in [0.1, 0.15) is 50.2 Å². The normalized spacial score (nSPS) is 26.4. The van der Waals surface area contributed by atoms with E-state index in [9.17, 15) is 9.90 Å². The molecule has 3 heterocycles. The lowest BCUT2D eigenvalue weighted by Gasteiger charge is -2.51. The third kappa shape index (κ3) is 6.74. The van der Waals surface area contributed by atoms with Gasteiger partial charge in [-0.1, -0.05) is 6.92 Å². The van der Waals surface area contributed by atoms with E-state index in [-0.39, 0.29) is 24.0 Å². The van der Waals surface area contributed by atoms with E-state index in [1.54, 1.807) is 11.3 Å². The van der Waals surface area contributed by atoms with Crippen LogP contribution in [0.15, 0.2) is 5.38 Å². The number of hydrogen-bond acceptors (Lipinski definition) is 7. The lowest BCUT2D eigenvalue weighted by atomic mass is 9.75. The average molecular weight is 428 g/mol. The van der Waals surface area contributed by atoms with E-state index >= 15 is 0 Å². The number of amides is 1. The summed E-state index contributed by atoms with van der Waals surface area (Å²) in [6.07, 6.45) is 3.48. The van der Waals surface area contributed by atoms with Crippen LogP contribution in [0.4, 0.5) is 0 Å². The molecule has 2 atom stereocenters. The summed E-state index contributed by atoms with van der Waals surface area (Å²) in [4.78, 5) is 27.5. The Balaban J connectivity index is 0.000000941. The van der Waals surface area contributed by atoms with Crippen LogP contribution in [0.3, 0.4) is 0 Å². The second kappa shape index (κ2) is 10.5. The summed E-state index contributed by atoms with van der Waals surface area (Å²) in [6.45, 7) is 9.18. The second-order valence-corrected chi connectivity index (χ2v) is 9.11. The molecular weight excluding hydrogens is 394 g/mol. The molecule has 0 aromatic carbocycles. The summed E-state index contributed by atoms with van der Waals surface area (Å²) in [7, 11) is 0. The molecule has 3 rings (SSSR count). The predicted molar refractivity (Wildman–Crippen MR) is 111 cm³/mol. The number of nitrogens with zero attached hydrogens (tertiary/aromatic N) is 2. The Labute approximate surface area is 176 Å². The number of carboxylic acid groups (broad SMARTS) is 1. The van der Waals surface area contributed by atoms with Gasteiger partial charge in [-0.3, -0.25) is 9.59 Å². The molecule has 2 aliphatic rings. The van der Waals surface area contributed by atoms with Crippen molar-refractivity contribution in [2.24, 2.45) is 0 Å². The molecule has 29 heavy (non-hydrogen) atoms. The summed E-state index contributed by atoms with van der Waals surface area (Å²) >= 11 is 1.60. The quantitative estimate of drug-likeness (QED) is 0.612. The van der Waals surface area contributed by atoms with E-state index < -0.39 is 5.60 Å². The number of piperidine rings is 1. The van der Waals surface area contributed by atoms with Gasteiger partial charge in [0.1, 0.15) is 0 Å². The molecule has 8 nitrogen and oxygen atoms in total. The van der Waals surface area contributed by atoms with Crippen molar-refractivity contribution in [2.75, 3.05) is 26.2 Å². The third-order valence-electron chi connectivity index (χ3n) is 5.81. The van der Waals surface area contributed by atoms with Gasteiger partial charge in [-0.15, -0.1) is 11.3 Å². The molecule has 1 amide bonds. The molecule has 0 aliphatic carbocycles. The van der Waals surface area contributed by atoms with Gasteiger partial charge in [0.2, 0.25) is 5.91 Å². The Bertz CT molecular complexity index is 671. The number of carbonyl (C=O) groups excluding carboxylic acids is 1. The lowest BCUT2D eigenvalue weighted by molar-refractivity contribution is -0.189. The monoisotopic (exact) mass is 427 g/mol. The van der Waals surface area contributed by atoms with E-state index in [1.807, 2.05) is 19.2 Å². The van der Waals surface area contributed by atoms with Gasteiger partial charge in [0, 0.05) is 31.3 Å². The summed E-state index contributed by atoms with van der Waals surface area (Å²) in [5.74, 6) is -0.0544. The molecule has 3 N–H and O–H groups in total. The average Bonchev–Trinajstić information content (AvgIpc) is 3.09. The number of hydrogen-bond donors (Lipinski definition) is 3. The van der Waals surface area contributed by atoms with E-state index in [0.717, 1.165) is 43.2 Å². The number of aryl methyl sites for hydroxylation is 2. The molecule has 0 bridgehead atoms. The Morgan fingerprint density at radius 1 is 1.48 bits per heavy atom. The fraction of sp³-hybridized carbons (Fsp3) is 0.750.